The molecule has 3 aromatic carbocycles. The number of aromatic carboxylic acids is 1. The van der Waals surface area contributed by atoms with Crippen molar-refractivity contribution in [1.29, 1.82) is 0 Å². The molecule has 3 aromatic rings. The second kappa shape index (κ2) is 6.56. The Morgan fingerprint density at radius 3 is 1.72 bits per heavy atom. The third-order valence-electron chi connectivity index (χ3n) is 4.81. The van der Waals surface area contributed by atoms with Crippen LogP contribution in [0.25, 0.3) is 11.1 Å². The van der Waals surface area contributed by atoms with Crippen molar-refractivity contribution in [1.82, 2.24) is 0 Å². The fourth-order valence-corrected chi connectivity index (χ4v) is 3.67. The molecule has 0 aliphatic heterocycles. The van der Waals surface area contributed by atoms with Crippen LogP contribution < -0.4 is 24.0 Å². The van der Waals surface area contributed by atoms with Gasteiger partial charge in [0.25, 0.3) is 0 Å². The molecule has 1 aliphatic rings. The molecule has 25 heavy (non-hydrogen) atoms. The van der Waals surface area contributed by atoms with Crippen LogP contribution in [0.3, 0.4) is 0 Å². The maximum Gasteiger partial charge on any atom is 1.00 e. The van der Waals surface area contributed by atoms with Crippen molar-refractivity contribution in [3.05, 3.63) is 94.0 Å². The first kappa shape index (κ1) is 17.5. The zero-order chi connectivity index (χ0) is 16.8. The molecule has 0 N–H and O–H groups in total. The van der Waals surface area contributed by atoms with Gasteiger partial charge in [-0.15, -0.1) is 0 Å². The summed E-state index contributed by atoms with van der Waals surface area (Å²) < 4.78 is 0. The van der Waals surface area contributed by atoms with Crippen molar-refractivity contribution >= 4 is 5.97 Å². The normalized spacial score (nSPS) is 12.2. The molecule has 0 saturated carbocycles. The molecular formula is C22H17LiO2. The Hall–Kier alpha value is -2.27. The number of aryl methyl sites for hydroxylation is 2. The summed E-state index contributed by atoms with van der Waals surface area (Å²) in [4.78, 5) is 11.0. The largest absolute Gasteiger partial charge is 1.00 e. The van der Waals surface area contributed by atoms with Gasteiger partial charge >= 0.3 is 18.9 Å². The predicted octanol–water partition coefficient (Wildman–Crippen LogP) is 0.832. The number of benzene rings is 3. The van der Waals surface area contributed by atoms with Crippen molar-refractivity contribution in [2.75, 3.05) is 0 Å². The van der Waals surface area contributed by atoms with Crippen LogP contribution >= 0.6 is 0 Å². The van der Waals surface area contributed by atoms with E-state index in [1.165, 1.54) is 33.4 Å². The molecule has 0 bridgehead atoms. The zero-order valence-electron chi connectivity index (χ0n) is 14.7. The maximum atomic E-state index is 11.0. The van der Waals surface area contributed by atoms with Gasteiger partial charge in [-0.05, 0) is 47.2 Å². The third kappa shape index (κ3) is 2.93. The summed E-state index contributed by atoms with van der Waals surface area (Å²) in [6, 6.07) is 20.2. The Labute approximate surface area is 159 Å². The summed E-state index contributed by atoms with van der Waals surface area (Å²) in [6.07, 6.45) is 0. The molecule has 0 atom stereocenters. The molecular weight excluding hydrogens is 303 g/mol. The van der Waals surface area contributed by atoms with E-state index in [2.05, 4.69) is 50.2 Å². The minimum Gasteiger partial charge on any atom is -0.545 e. The van der Waals surface area contributed by atoms with Crippen LogP contribution in [-0.2, 0) is 0 Å². The average molecular weight is 320 g/mol. The Morgan fingerprint density at radius 2 is 1.28 bits per heavy atom. The number of fused-ring (bicyclic) bond motifs is 3. The monoisotopic (exact) mass is 320 g/mol. The Kier molecular flexibility index (Phi) is 4.60. The van der Waals surface area contributed by atoms with Crippen LogP contribution in [0.4, 0.5) is 0 Å². The van der Waals surface area contributed by atoms with Gasteiger partial charge in [0, 0.05) is 5.92 Å². The van der Waals surface area contributed by atoms with Crippen LogP contribution in [0.1, 0.15) is 44.1 Å². The molecule has 0 saturated heterocycles. The third-order valence-corrected chi connectivity index (χ3v) is 4.81. The quantitative estimate of drug-likeness (QED) is 0.513. The van der Waals surface area contributed by atoms with E-state index in [1.54, 1.807) is 12.1 Å². The predicted molar refractivity (Wildman–Crippen MR) is 93.1 cm³/mol. The van der Waals surface area contributed by atoms with Crippen LogP contribution in [0.5, 0.6) is 0 Å². The maximum absolute atomic E-state index is 11.0. The van der Waals surface area contributed by atoms with E-state index in [0.29, 0.717) is 0 Å². The van der Waals surface area contributed by atoms with Crippen LogP contribution in [-0.4, -0.2) is 5.97 Å². The van der Waals surface area contributed by atoms with Crippen molar-refractivity contribution in [2.45, 2.75) is 19.8 Å². The number of carboxylic acid groups (broad SMARTS) is 1. The number of carboxylic acids is 1. The van der Waals surface area contributed by atoms with Gasteiger partial charge in [-0.3, -0.25) is 0 Å². The number of hydrogen-bond donors (Lipinski definition) is 0. The molecule has 2 nitrogen and oxygen atoms in total. The molecule has 118 valence electrons. The van der Waals surface area contributed by atoms with Gasteiger partial charge in [-0.1, -0.05) is 71.8 Å². The summed E-state index contributed by atoms with van der Waals surface area (Å²) in [5, 5.41) is 11.0. The van der Waals surface area contributed by atoms with E-state index in [9.17, 15) is 9.90 Å². The Bertz CT molecular complexity index is 907. The van der Waals surface area contributed by atoms with Crippen LogP contribution in [0.15, 0.2) is 60.7 Å². The topological polar surface area (TPSA) is 40.1 Å². The van der Waals surface area contributed by atoms with Gasteiger partial charge in [-0.2, -0.15) is 0 Å². The molecule has 0 radical (unpaired) electrons. The van der Waals surface area contributed by atoms with Crippen molar-refractivity contribution in [3.8, 4) is 11.1 Å². The molecule has 3 heteroatoms. The van der Waals surface area contributed by atoms with E-state index in [0.717, 1.165) is 5.56 Å². The van der Waals surface area contributed by atoms with Gasteiger partial charge in [0.1, 0.15) is 0 Å². The first-order chi connectivity index (χ1) is 11.5. The number of hydrogen-bond acceptors (Lipinski definition) is 2. The Morgan fingerprint density at radius 1 is 0.800 bits per heavy atom. The molecule has 0 amide bonds. The van der Waals surface area contributed by atoms with Crippen molar-refractivity contribution in [2.24, 2.45) is 0 Å². The average Bonchev–Trinajstić information content (AvgIpc) is 2.87. The van der Waals surface area contributed by atoms with Gasteiger partial charge in [0.2, 0.25) is 0 Å². The first-order valence-corrected chi connectivity index (χ1v) is 8.07. The van der Waals surface area contributed by atoms with Crippen molar-refractivity contribution < 1.29 is 28.8 Å². The minimum atomic E-state index is -1.14. The molecule has 0 unspecified atom stereocenters. The van der Waals surface area contributed by atoms with Gasteiger partial charge in [-0.25, -0.2) is 0 Å². The van der Waals surface area contributed by atoms with E-state index < -0.39 is 5.97 Å². The minimum absolute atomic E-state index is 0. The second-order valence-corrected chi connectivity index (χ2v) is 6.52. The first-order valence-electron chi connectivity index (χ1n) is 8.07. The number of carbonyl (C=O) groups excluding carboxylic acids is 1. The molecule has 0 aromatic heterocycles. The van der Waals surface area contributed by atoms with E-state index in [4.69, 9.17) is 0 Å². The fraction of sp³-hybridized carbons (Fsp3) is 0.136. The van der Waals surface area contributed by atoms with Crippen LogP contribution in [0.2, 0.25) is 0 Å². The summed E-state index contributed by atoms with van der Waals surface area (Å²) >= 11 is 0. The number of rotatable bonds is 2. The van der Waals surface area contributed by atoms with Crippen LogP contribution in [0, 0.1) is 13.8 Å². The van der Waals surface area contributed by atoms with E-state index >= 15 is 0 Å². The zero-order valence-corrected chi connectivity index (χ0v) is 14.7. The molecule has 0 spiro atoms. The van der Waals surface area contributed by atoms with E-state index in [-0.39, 0.29) is 30.3 Å². The molecule has 4 rings (SSSR count). The molecule has 0 heterocycles. The van der Waals surface area contributed by atoms with E-state index in [1.807, 2.05) is 12.1 Å². The summed E-state index contributed by atoms with van der Waals surface area (Å²) in [5.74, 6) is -0.994. The summed E-state index contributed by atoms with van der Waals surface area (Å²) in [6.45, 7) is 4.20. The summed E-state index contributed by atoms with van der Waals surface area (Å²) in [5.41, 5.74) is 8.90. The summed E-state index contributed by atoms with van der Waals surface area (Å²) in [7, 11) is 0. The second-order valence-electron chi connectivity index (χ2n) is 6.52. The standard InChI is InChI=1S/C22H18O2.Li/c1-13-3-9-17-18-10-4-14(2)12-20(18)21(19(17)11-13)15-5-7-16(8-6-15)22(23)24;/h3-12,21H,1-2H3,(H,23,24);/q;+1/p-1. The van der Waals surface area contributed by atoms with Gasteiger partial charge in [0.15, 0.2) is 0 Å². The molecule has 0 fully saturated rings. The fourth-order valence-electron chi connectivity index (χ4n) is 3.67. The smallest absolute Gasteiger partial charge is 0.545 e. The number of carbonyl (C=O) groups is 1. The van der Waals surface area contributed by atoms with Gasteiger partial charge < -0.3 is 9.90 Å². The van der Waals surface area contributed by atoms with Crippen molar-refractivity contribution in [3.63, 3.8) is 0 Å². The SMILES string of the molecule is Cc1ccc2c(c1)C(c1ccc(C(=O)[O-])cc1)c1cc(C)ccc1-2.[Li+]. The Balaban J connectivity index is 0.00000182. The van der Waals surface area contributed by atoms with Gasteiger partial charge in [0.05, 0.1) is 5.97 Å². The molecule has 1 aliphatic carbocycles.